The molecule has 0 N–H and O–H groups in total. The fourth-order valence-electron chi connectivity index (χ4n) is 6.82. The Morgan fingerprint density at radius 2 is 1.00 bits per heavy atom. The van der Waals surface area contributed by atoms with E-state index in [0.717, 1.165) is 0 Å². The zero-order valence-electron chi connectivity index (χ0n) is 23.9. The predicted octanol–water partition coefficient (Wildman–Crippen LogP) is 12.2. The summed E-state index contributed by atoms with van der Waals surface area (Å²) in [5.74, 6) is 0. The summed E-state index contributed by atoms with van der Waals surface area (Å²) in [4.78, 5) is 0. The number of rotatable bonds is 4. The average Bonchev–Trinajstić information content (AvgIpc) is 3.64. The first-order valence-corrected chi connectivity index (χ1v) is 15.8. The highest BCUT2D eigenvalue weighted by molar-refractivity contribution is 7.25. The van der Waals surface area contributed by atoms with Gasteiger partial charge in [-0.15, -0.1) is 11.3 Å². The van der Waals surface area contributed by atoms with Gasteiger partial charge >= 0.3 is 0 Å². The summed E-state index contributed by atoms with van der Waals surface area (Å²) in [5.41, 5.74) is 11.0. The van der Waals surface area contributed by atoms with Gasteiger partial charge < -0.3 is 4.57 Å². The minimum atomic E-state index is 1.18. The number of nitrogens with zero attached hydrogens (tertiary/aromatic N) is 1. The van der Waals surface area contributed by atoms with Crippen molar-refractivity contribution in [2.75, 3.05) is 0 Å². The summed E-state index contributed by atoms with van der Waals surface area (Å²) >= 11 is 1.87. The number of fused-ring (bicyclic) bond motifs is 6. The molecule has 0 unspecified atom stereocenters. The molecule has 7 aromatic carbocycles. The minimum Gasteiger partial charge on any atom is -0.309 e. The van der Waals surface area contributed by atoms with Crippen LogP contribution in [-0.4, -0.2) is 4.57 Å². The highest BCUT2D eigenvalue weighted by Gasteiger charge is 2.17. The van der Waals surface area contributed by atoms with E-state index < -0.39 is 0 Å². The Kier molecular flexibility index (Phi) is 5.75. The topological polar surface area (TPSA) is 4.93 Å². The van der Waals surface area contributed by atoms with Crippen molar-refractivity contribution < 1.29 is 0 Å². The van der Waals surface area contributed by atoms with Crippen molar-refractivity contribution in [2.45, 2.75) is 0 Å². The molecular weight excluding hydrogens is 551 g/mol. The second-order valence-electron chi connectivity index (χ2n) is 11.3. The van der Waals surface area contributed by atoms with E-state index in [0.29, 0.717) is 0 Å². The van der Waals surface area contributed by atoms with Gasteiger partial charge in [0.15, 0.2) is 0 Å². The molecule has 0 saturated carbocycles. The summed E-state index contributed by atoms with van der Waals surface area (Å²) in [6.45, 7) is 0. The number of para-hydroxylation sites is 2. The molecule has 0 saturated heterocycles. The number of hydrogen-bond acceptors (Lipinski definition) is 1. The van der Waals surface area contributed by atoms with Crippen LogP contribution >= 0.6 is 11.3 Å². The summed E-state index contributed by atoms with van der Waals surface area (Å²) in [5, 5.41) is 5.20. The van der Waals surface area contributed by atoms with Crippen molar-refractivity contribution in [3.63, 3.8) is 0 Å². The molecule has 2 aromatic heterocycles. The van der Waals surface area contributed by atoms with Crippen molar-refractivity contribution in [3.8, 4) is 39.1 Å². The fourth-order valence-corrected chi connectivity index (χ4v) is 7.95. The predicted molar refractivity (Wildman–Crippen MR) is 190 cm³/mol. The van der Waals surface area contributed by atoms with E-state index in [4.69, 9.17) is 0 Å². The maximum Gasteiger partial charge on any atom is 0.0547 e. The van der Waals surface area contributed by atoms with Crippen molar-refractivity contribution in [2.24, 2.45) is 0 Å². The standard InChI is InChI=1S/C42H27NS/c1-2-12-28(13-3-1)29-24-25-35-34-17-5-8-21-38(34)43(39(35)27-29)37-20-7-4-16-32(37)30-14-10-15-31(26-30)33-19-11-23-41-42(33)36-18-6-9-22-40(36)44-41/h1-27H. The van der Waals surface area contributed by atoms with E-state index in [2.05, 4.69) is 168 Å². The van der Waals surface area contributed by atoms with E-state index in [9.17, 15) is 0 Å². The number of aromatic nitrogens is 1. The molecule has 44 heavy (non-hydrogen) atoms. The Hall–Kier alpha value is -5.44. The van der Waals surface area contributed by atoms with Crippen LogP contribution < -0.4 is 0 Å². The summed E-state index contributed by atoms with van der Waals surface area (Å²) in [6, 6.07) is 59.7. The number of thiophene rings is 1. The molecule has 0 aliphatic rings. The molecule has 0 aliphatic carbocycles. The first-order valence-electron chi connectivity index (χ1n) is 15.0. The number of hydrogen-bond donors (Lipinski definition) is 0. The van der Waals surface area contributed by atoms with E-state index >= 15 is 0 Å². The Morgan fingerprint density at radius 3 is 1.91 bits per heavy atom. The molecule has 206 valence electrons. The molecule has 9 aromatic rings. The zero-order chi connectivity index (χ0) is 29.0. The molecule has 0 amide bonds. The van der Waals surface area contributed by atoms with Gasteiger partial charge in [-0.25, -0.2) is 0 Å². The maximum atomic E-state index is 2.45. The molecule has 0 fully saturated rings. The van der Waals surface area contributed by atoms with Crippen LogP contribution in [0.3, 0.4) is 0 Å². The van der Waals surface area contributed by atoms with E-state index in [-0.39, 0.29) is 0 Å². The largest absolute Gasteiger partial charge is 0.309 e. The summed E-state index contributed by atoms with van der Waals surface area (Å²) in [7, 11) is 0. The highest BCUT2D eigenvalue weighted by Crippen LogP contribution is 2.42. The average molecular weight is 578 g/mol. The molecule has 0 atom stereocenters. The van der Waals surface area contributed by atoms with Gasteiger partial charge in [0.2, 0.25) is 0 Å². The minimum absolute atomic E-state index is 1.18. The Balaban J connectivity index is 1.27. The second kappa shape index (κ2) is 10.1. The molecule has 0 bridgehead atoms. The molecule has 0 aliphatic heterocycles. The van der Waals surface area contributed by atoms with Gasteiger partial charge in [-0.05, 0) is 64.2 Å². The second-order valence-corrected chi connectivity index (χ2v) is 12.4. The van der Waals surface area contributed by atoms with Gasteiger partial charge in [0, 0.05) is 36.5 Å². The summed E-state index contributed by atoms with van der Waals surface area (Å²) in [6.07, 6.45) is 0. The van der Waals surface area contributed by atoms with Gasteiger partial charge in [0.25, 0.3) is 0 Å². The molecule has 2 heteroatoms. The molecule has 9 rings (SSSR count). The third-order valence-electron chi connectivity index (χ3n) is 8.81. The van der Waals surface area contributed by atoms with Crippen LogP contribution in [0.2, 0.25) is 0 Å². The van der Waals surface area contributed by atoms with Gasteiger partial charge in [0.05, 0.1) is 16.7 Å². The smallest absolute Gasteiger partial charge is 0.0547 e. The summed E-state index contributed by atoms with van der Waals surface area (Å²) < 4.78 is 5.11. The van der Waals surface area contributed by atoms with Gasteiger partial charge in [0.1, 0.15) is 0 Å². The van der Waals surface area contributed by atoms with E-state index in [1.165, 1.54) is 81.0 Å². The van der Waals surface area contributed by atoms with Crippen molar-refractivity contribution in [3.05, 3.63) is 164 Å². The van der Waals surface area contributed by atoms with E-state index in [1.807, 2.05) is 11.3 Å². The molecule has 2 heterocycles. The molecule has 0 radical (unpaired) electrons. The first kappa shape index (κ1) is 25.1. The van der Waals surface area contributed by atoms with Crippen LogP contribution in [0.15, 0.2) is 164 Å². The lowest BCUT2D eigenvalue weighted by Crippen LogP contribution is -1.97. The van der Waals surface area contributed by atoms with Crippen LogP contribution in [0.5, 0.6) is 0 Å². The Bertz CT molecular complexity index is 2500. The third kappa shape index (κ3) is 3.92. The first-order chi connectivity index (χ1) is 21.8. The van der Waals surface area contributed by atoms with E-state index in [1.54, 1.807) is 0 Å². The lowest BCUT2D eigenvalue weighted by molar-refractivity contribution is 1.18. The van der Waals surface area contributed by atoms with Crippen molar-refractivity contribution in [1.82, 2.24) is 4.57 Å². The SMILES string of the molecule is c1ccc(-c2ccc3c4ccccc4n(-c4ccccc4-c4cccc(-c5cccc6sc7ccccc7c56)c4)c3c2)cc1. The zero-order valence-corrected chi connectivity index (χ0v) is 24.8. The molecule has 0 spiro atoms. The van der Waals surface area contributed by atoms with Gasteiger partial charge in [-0.2, -0.15) is 0 Å². The lowest BCUT2D eigenvalue weighted by atomic mass is 9.95. The normalized spacial score (nSPS) is 11.6. The van der Waals surface area contributed by atoms with Crippen LogP contribution in [-0.2, 0) is 0 Å². The fraction of sp³-hybridized carbons (Fsp3) is 0. The lowest BCUT2D eigenvalue weighted by Gasteiger charge is -2.15. The highest BCUT2D eigenvalue weighted by atomic mass is 32.1. The Labute approximate surface area is 259 Å². The van der Waals surface area contributed by atoms with Gasteiger partial charge in [-0.3, -0.25) is 0 Å². The number of benzene rings is 7. The molecular formula is C42H27NS. The van der Waals surface area contributed by atoms with Crippen LogP contribution in [0.25, 0.3) is 81.0 Å². The molecule has 1 nitrogen and oxygen atoms in total. The maximum absolute atomic E-state index is 2.45. The Morgan fingerprint density at radius 1 is 0.364 bits per heavy atom. The monoisotopic (exact) mass is 577 g/mol. The third-order valence-corrected chi connectivity index (χ3v) is 9.95. The quantitative estimate of drug-likeness (QED) is 0.196. The van der Waals surface area contributed by atoms with Crippen LogP contribution in [0, 0.1) is 0 Å². The van der Waals surface area contributed by atoms with Gasteiger partial charge in [-0.1, -0.05) is 127 Å². The van der Waals surface area contributed by atoms with Crippen molar-refractivity contribution in [1.29, 1.82) is 0 Å². The van der Waals surface area contributed by atoms with Crippen LogP contribution in [0.1, 0.15) is 0 Å². The van der Waals surface area contributed by atoms with Crippen LogP contribution in [0.4, 0.5) is 0 Å². The van der Waals surface area contributed by atoms with Crippen molar-refractivity contribution >= 4 is 53.3 Å².